The molecule has 0 spiro atoms. The number of nitrogens with one attached hydrogen (secondary N) is 2. The molecule has 1 heterocycles. The quantitative estimate of drug-likeness (QED) is 0.245. The zero-order valence-electron chi connectivity index (χ0n) is 4.83. The Bertz CT molecular complexity index is 145. The van der Waals surface area contributed by atoms with Gasteiger partial charge < -0.3 is 15.8 Å². The largest absolute Gasteiger partial charge is 0.379 e. The number of amides is 1. The summed E-state index contributed by atoms with van der Waals surface area (Å²) in [7, 11) is 0. The lowest BCUT2D eigenvalue weighted by molar-refractivity contribution is -0.117. The molecule has 1 aliphatic heterocycles. The van der Waals surface area contributed by atoms with Gasteiger partial charge >= 0.3 is 0 Å². The van der Waals surface area contributed by atoms with E-state index in [1.165, 1.54) is 5.34 Å². The summed E-state index contributed by atoms with van der Waals surface area (Å²) >= 11 is 4.55. The van der Waals surface area contributed by atoms with Crippen molar-refractivity contribution >= 4 is 23.2 Å². The van der Waals surface area contributed by atoms with Gasteiger partial charge in [-0.25, -0.2) is 0 Å². The molecule has 0 radical (unpaired) electrons. The lowest BCUT2D eigenvalue weighted by atomic mass is 10.7. The summed E-state index contributed by atoms with van der Waals surface area (Å²) in [5, 5.41) is 13.4. The van der Waals surface area contributed by atoms with E-state index < -0.39 is 0 Å². The molecule has 0 atom stereocenters. The zero-order chi connectivity index (χ0) is 7.98. The summed E-state index contributed by atoms with van der Waals surface area (Å²) in [4.78, 5) is 18.3. The van der Waals surface area contributed by atoms with Crippen LogP contribution < -0.4 is 10.6 Å². The van der Waals surface area contributed by atoms with E-state index in [9.17, 15) is 4.79 Å². The predicted octanol–water partition coefficient (Wildman–Crippen LogP) is -0.867. The van der Waals surface area contributed by atoms with E-state index in [1.807, 2.05) is 0 Å². The van der Waals surface area contributed by atoms with E-state index in [1.54, 1.807) is 0 Å². The average molecular weight is 163 g/mol. The van der Waals surface area contributed by atoms with Gasteiger partial charge in [-0.15, -0.1) is 4.91 Å². The van der Waals surface area contributed by atoms with Crippen molar-refractivity contribution in [1.29, 1.82) is 0 Å². The van der Waals surface area contributed by atoms with Crippen LogP contribution in [-0.2, 0) is 4.79 Å². The second-order valence-corrected chi connectivity index (χ2v) is 1.72. The van der Waals surface area contributed by atoms with E-state index in [4.69, 9.17) is 10.1 Å². The molecule has 0 bridgehead atoms. The van der Waals surface area contributed by atoms with Gasteiger partial charge in [0, 0.05) is 0 Å². The van der Waals surface area contributed by atoms with Crippen molar-refractivity contribution in [2.24, 2.45) is 5.34 Å². The molecular formula is C3H5N3O3S. The minimum absolute atomic E-state index is 0.0509. The van der Waals surface area contributed by atoms with Crippen LogP contribution in [0.2, 0.25) is 0 Å². The van der Waals surface area contributed by atoms with E-state index in [0.717, 1.165) is 0 Å². The first-order valence-electron chi connectivity index (χ1n) is 2.25. The van der Waals surface area contributed by atoms with Crippen molar-refractivity contribution in [2.45, 2.75) is 0 Å². The second-order valence-electron chi connectivity index (χ2n) is 1.31. The number of thiocarbonyl (C=S) groups is 1. The van der Waals surface area contributed by atoms with E-state index in [2.05, 4.69) is 22.9 Å². The third kappa shape index (κ3) is 3.72. The van der Waals surface area contributed by atoms with Crippen LogP contribution in [0.5, 0.6) is 0 Å². The van der Waals surface area contributed by atoms with Gasteiger partial charge in [0.05, 0.1) is 6.54 Å². The molecule has 1 fully saturated rings. The Morgan fingerprint density at radius 1 is 1.70 bits per heavy atom. The number of carbonyl (C=O) groups excluding carboxylic acids is 1. The smallest absolute Gasteiger partial charge is 0.245 e. The lowest BCUT2D eigenvalue weighted by Gasteiger charge is -1.83. The highest BCUT2D eigenvalue weighted by atomic mass is 32.1. The Morgan fingerprint density at radius 2 is 2.20 bits per heavy atom. The highest BCUT2D eigenvalue weighted by molar-refractivity contribution is 7.80. The molecule has 6 nitrogen and oxygen atoms in total. The van der Waals surface area contributed by atoms with Crippen LogP contribution >= 0.6 is 12.2 Å². The van der Waals surface area contributed by atoms with Gasteiger partial charge in [0.2, 0.25) is 5.91 Å². The molecular weight excluding hydrogens is 158 g/mol. The van der Waals surface area contributed by atoms with Gasteiger partial charge in [-0.3, -0.25) is 4.79 Å². The molecule has 10 heavy (non-hydrogen) atoms. The van der Waals surface area contributed by atoms with E-state index >= 15 is 0 Å². The number of hydrogen-bond acceptors (Lipinski definition) is 4. The van der Waals surface area contributed by atoms with Crippen molar-refractivity contribution < 1.29 is 10.0 Å². The van der Waals surface area contributed by atoms with Crippen molar-refractivity contribution in [1.82, 2.24) is 10.6 Å². The molecule has 1 saturated heterocycles. The van der Waals surface area contributed by atoms with E-state index in [-0.39, 0.29) is 5.91 Å². The Labute approximate surface area is 61.5 Å². The van der Waals surface area contributed by atoms with Crippen molar-refractivity contribution in [3.8, 4) is 0 Å². The number of nitrogens with zero attached hydrogens (tertiary/aromatic N) is 1. The summed E-state index contributed by atoms with van der Waals surface area (Å²) in [5.74, 6) is -0.0509. The maximum atomic E-state index is 10.2. The molecule has 0 aliphatic carbocycles. The van der Waals surface area contributed by atoms with Crippen molar-refractivity contribution in [3.63, 3.8) is 0 Å². The fraction of sp³-hybridized carbons (Fsp3) is 0.333. The topological polar surface area (TPSA) is 90.8 Å². The molecule has 0 aromatic rings. The fourth-order valence-corrected chi connectivity index (χ4v) is 0.562. The van der Waals surface area contributed by atoms with Crippen LogP contribution in [0.4, 0.5) is 0 Å². The summed E-state index contributed by atoms with van der Waals surface area (Å²) < 4.78 is 0. The Balaban J connectivity index is 0.000000236. The Kier molecular flexibility index (Phi) is 4.05. The van der Waals surface area contributed by atoms with E-state index in [0.29, 0.717) is 11.7 Å². The normalized spacial score (nSPS) is 14.4. The standard InChI is InChI=1S/C3H4N2OS.HNO2/c6-2-1-4-3(7)5-2;2-1-3/h1H2,(H2,4,5,6,7);(H,2,3). The van der Waals surface area contributed by atoms with Gasteiger partial charge in [-0.1, -0.05) is 0 Å². The molecule has 1 aliphatic rings. The molecule has 0 aromatic carbocycles. The number of hydrogen-bond donors (Lipinski definition) is 3. The van der Waals surface area contributed by atoms with Gasteiger partial charge in [0.25, 0.3) is 0 Å². The summed E-state index contributed by atoms with van der Waals surface area (Å²) in [6.07, 6.45) is 0. The fourth-order valence-electron chi connectivity index (χ4n) is 0.376. The average Bonchev–Trinajstić information content (AvgIpc) is 2.17. The number of carbonyl (C=O) groups is 1. The SMILES string of the molecule is O=C1CNC(=S)N1.O=NO. The minimum atomic E-state index is -0.0509. The van der Waals surface area contributed by atoms with Crippen LogP contribution in [0.15, 0.2) is 5.34 Å². The van der Waals surface area contributed by atoms with Gasteiger partial charge in [0.1, 0.15) is 0 Å². The van der Waals surface area contributed by atoms with Crippen LogP contribution in [0.25, 0.3) is 0 Å². The molecule has 3 N–H and O–H groups in total. The lowest BCUT2D eigenvalue weighted by Crippen LogP contribution is -2.21. The molecule has 0 aromatic heterocycles. The predicted molar refractivity (Wildman–Crippen MR) is 36.3 cm³/mol. The molecule has 1 amide bonds. The summed E-state index contributed by atoms with van der Waals surface area (Å²) in [6, 6.07) is 0. The molecule has 7 heteroatoms. The Hall–Kier alpha value is -1.24. The first-order valence-corrected chi connectivity index (χ1v) is 2.66. The summed E-state index contributed by atoms with van der Waals surface area (Å²) in [5.41, 5.74) is 0. The zero-order valence-corrected chi connectivity index (χ0v) is 5.64. The van der Waals surface area contributed by atoms with Crippen LogP contribution in [0.3, 0.4) is 0 Å². The van der Waals surface area contributed by atoms with Crippen LogP contribution in [0.1, 0.15) is 0 Å². The summed E-state index contributed by atoms with van der Waals surface area (Å²) in [6.45, 7) is 0.332. The van der Waals surface area contributed by atoms with Gasteiger partial charge in [-0.2, -0.15) is 0 Å². The molecule has 0 unspecified atom stereocenters. The molecule has 1 rings (SSSR count). The minimum Gasteiger partial charge on any atom is -0.379 e. The van der Waals surface area contributed by atoms with Crippen molar-refractivity contribution in [3.05, 3.63) is 4.91 Å². The molecule has 56 valence electrons. The van der Waals surface area contributed by atoms with Gasteiger partial charge in [0.15, 0.2) is 10.5 Å². The maximum Gasteiger partial charge on any atom is 0.245 e. The maximum absolute atomic E-state index is 10.2. The monoisotopic (exact) mass is 163 g/mol. The third-order valence-corrected chi connectivity index (χ3v) is 0.909. The Morgan fingerprint density at radius 3 is 2.30 bits per heavy atom. The molecule has 0 saturated carbocycles. The first-order chi connectivity index (χ1) is 4.70. The highest BCUT2D eigenvalue weighted by Gasteiger charge is 2.10. The van der Waals surface area contributed by atoms with Crippen molar-refractivity contribution in [2.75, 3.05) is 6.54 Å². The second kappa shape index (κ2) is 4.62. The van der Waals surface area contributed by atoms with Gasteiger partial charge in [-0.05, 0) is 12.2 Å². The number of rotatable bonds is 0. The highest BCUT2D eigenvalue weighted by Crippen LogP contribution is 1.75. The van der Waals surface area contributed by atoms with Crippen LogP contribution in [0, 0.1) is 4.91 Å². The first kappa shape index (κ1) is 8.76. The van der Waals surface area contributed by atoms with Crippen LogP contribution in [-0.4, -0.2) is 22.8 Å². The third-order valence-electron chi connectivity index (χ3n) is 0.662.